The number of nitrogens with one attached hydrogen (secondary N) is 1. The van der Waals surface area contributed by atoms with Crippen LogP contribution in [0.4, 0.5) is 0 Å². The van der Waals surface area contributed by atoms with Crippen molar-refractivity contribution in [3.05, 3.63) is 48.2 Å². The van der Waals surface area contributed by atoms with Crippen LogP contribution in [0.2, 0.25) is 0 Å². The average Bonchev–Trinajstić information content (AvgIpc) is 2.55. The fourth-order valence-corrected chi connectivity index (χ4v) is 2.19. The Kier molecular flexibility index (Phi) is 6.76. The van der Waals surface area contributed by atoms with Gasteiger partial charge in [0.15, 0.2) is 0 Å². The summed E-state index contributed by atoms with van der Waals surface area (Å²) in [5.41, 5.74) is 1.85. The van der Waals surface area contributed by atoms with E-state index in [0.29, 0.717) is 19.1 Å². The van der Waals surface area contributed by atoms with Gasteiger partial charge in [-0.3, -0.25) is 9.78 Å². The number of amides is 1. The van der Waals surface area contributed by atoms with Crippen molar-refractivity contribution < 1.29 is 9.53 Å². The van der Waals surface area contributed by atoms with Crippen molar-refractivity contribution in [2.24, 2.45) is 5.92 Å². The van der Waals surface area contributed by atoms with Crippen LogP contribution >= 0.6 is 0 Å². The molecular weight excluding hydrogens is 288 g/mol. The van der Waals surface area contributed by atoms with Crippen molar-refractivity contribution in [3.8, 4) is 0 Å². The van der Waals surface area contributed by atoms with E-state index in [1.807, 2.05) is 30.3 Å². The molecule has 0 unspecified atom stereocenters. The summed E-state index contributed by atoms with van der Waals surface area (Å²) < 4.78 is 5.48. The van der Waals surface area contributed by atoms with Gasteiger partial charge in [-0.25, -0.2) is 0 Å². The lowest BCUT2D eigenvalue weighted by Gasteiger charge is -2.06. The van der Waals surface area contributed by atoms with Crippen molar-refractivity contribution in [3.63, 3.8) is 0 Å². The minimum absolute atomic E-state index is 0.0956. The Morgan fingerprint density at radius 2 is 2.13 bits per heavy atom. The summed E-state index contributed by atoms with van der Waals surface area (Å²) in [6.45, 7) is 6.30. The van der Waals surface area contributed by atoms with Crippen molar-refractivity contribution >= 4 is 22.9 Å². The quantitative estimate of drug-likeness (QED) is 0.600. The molecule has 0 atom stereocenters. The van der Waals surface area contributed by atoms with E-state index in [9.17, 15) is 4.79 Å². The summed E-state index contributed by atoms with van der Waals surface area (Å²) in [6.07, 6.45) is 5.94. The van der Waals surface area contributed by atoms with Gasteiger partial charge in [-0.2, -0.15) is 0 Å². The Hall–Kier alpha value is -2.20. The Morgan fingerprint density at radius 3 is 2.96 bits per heavy atom. The number of hydrogen-bond donors (Lipinski definition) is 1. The Labute approximate surface area is 137 Å². The third-order valence-electron chi connectivity index (χ3n) is 3.29. The fourth-order valence-electron chi connectivity index (χ4n) is 2.19. The molecule has 122 valence electrons. The van der Waals surface area contributed by atoms with Gasteiger partial charge < -0.3 is 10.1 Å². The largest absolute Gasteiger partial charge is 0.381 e. The number of benzene rings is 1. The zero-order valence-electron chi connectivity index (χ0n) is 13.8. The number of hydrogen-bond acceptors (Lipinski definition) is 3. The average molecular weight is 312 g/mol. The molecule has 0 aliphatic rings. The predicted molar refractivity (Wildman–Crippen MR) is 94.1 cm³/mol. The normalized spacial score (nSPS) is 11.4. The number of carbonyl (C=O) groups is 1. The molecule has 1 amide bonds. The first kappa shape index (κ1) is 17.2. The monoisotopic (exact) mass is 312 g/mol. The molecule has 4 heteroatoms. The highest BCUT2D eigenvalue weighted by atomic mass is 16.5. The molecule has 0 aliphatic heterocycles. The maximum Gasteiger partial charge on any atom is 0.244 e. The van der Waals surface area contributed by atoms with Crippen LogP contribution in [0.25, 0.3) is 17.0 Å². The van der Waals surface area contributed by atoms with Crippen LogP contribution in [-0.4, -0.2) is 30.6 Å². The summed E-state index contributed by atoms with van der Waals surface area (Å²) in [6, 6.07) is 9.85. The molecule has 0 saturated heterocycles. The first-order valence-electron chi connectivity index (χ1n) is 8.04. The van der Waals surface area contributed by atoms with Crippen LogP contribution in [0.15, 0.2) is 42.6 Å². The zero-order valence-corrected chi connectivity index (χ0v) is 13.8. The number of carbonyl (C=O) groups excluding carboxylic acids is 1. The number of para-hydroxylation sites is 1. The lowest BCUT2D eigenvalue weighted by atomic mass is 10.1. The third kappa shape index (κ3) is 5.83. The highest BCUT2D eigenvalue weighted by molar-refractivity contribution is 5.95. The van der Waals surface area contributed by atoms with E-state index in [1.54, 1.807) is 18.3 Å². The molecule has 0 saturated carbocycles. The molecule has 1 N–H and O–H groups in total. The summed E-state index contributed by atoms with van der Waals surface area (Å²) in [5.74, 6) is 0.448. The minimum Gasteiger partial charge on any atom is -0.381 e. The van der Waals surface area contributed by atoms with Crippen LogP contribution in [0.5, 0.6) is 0 Å². The van der Waals surface area contributed by atoms with Gasteiger partial charge in [0, 0.05) is 43.0 Å². The van der Waals surface area contributed by atoms with E-state index >= 15 is 0 Å². The Balaban J connectivity index is 1.79. The van der Waals surface area contributed by atoms with E-state index in [0.717, 1.165) is 29.5 Å². The lowest BCUT2D eigenvalue weighted by molar-refractivity contribution is -0.116. The molecule has 2 aromatic rings. The van der Waals surface area contributed by atoms with Crippen LogP contribution in [-0.2, 0) is 9.53 Å². The Morgan fingerprint density at radius 1 is 1.30 bits per heavy atom. The summed E-state index contributed by atoms with van der Waals surface area (Å²) in [5, 5.41) is 3.93. The van der Waals surface area contributed by atoms with Gasteiger partial charge in [-0.05, 0) is 24.5 Å². The van der Waals surface area contributed by atoms with Gasteiger partial charge in [0.1, 0.15) is 0 Å². The van der Waals surface area contributed by atoms with Gasteiger partial charge in [0.25, 0.3) is 0 Å². The number of rotatable bonds is 8. The second kappa shape index (κ2) is 9.06. The molecule has 1 heterocycles. The lowest BCUT2D eigenvalue weighted by Crippen LogP contribution is -2.23. The second-order valence-corrected chi connectivity index (χ2v) is 5.87. The van der Waals surface area contributed by atoms with Gasteiger partial charge in [0.05, 0.1) is 5.52 Å². The van der Waals surface area contributed by atoms with Crippen LogP contribution in [0, 0.1) is 5.92 Å². The molecule has 23 heavy (non-hydrogen) atoms. The molecule has 4 nitrogen and oxygen atoms in total. The van der Waals surface area contributed by atoms with Crippen molar-refractivity contribution in [1.82, 2.24) is 10.3 Å². The van der Waals surface area contributed by atoms with Gasteiger partial charge >= 0.3 is 0 Å². The smallest absolute Gasteiger partial charge is 0.244 e. The van der Waals surface area contributed by atoms with E-state index in [2.05, 4.69) is 24.1 Å². The van der Waals surface area contributed by atoms with E-state index in [-0.39, 0.29) is 5.91 Å². The molecule has 0 radical (unpaired) electrons. The van der Waals surface area contributed by atoms with Crippen LogP contribution in [0.1, 0.15) is 25.8 Å². The minimum atomic E-state index is -0.0956. The number of aromatic nitrogens is 1. The number of ether oxygens (including phenoxy) is 1. The Bertz CT molecular complexity index is 660. The summed E-state index contributed by atoms with van der Waals surface area (Å²) >= 11 is 0. The van der Waals surface area contributed by atoms with E-state index in [4.69, 9.17) is 4.74 Å². The predicted octanol–water partition coefficient (Wildman–Crippen LogP) is 3.43. The summed E-state index contributed by atoms with van der Waals surface area (Å²) in [7, 11) is 0. The maximum atomic E-state index is 11.8. The van der Waals surface area contributed by atoms with Crippen molar-refractivity contribution in [1.29, 1.82) is 0 Å². The van der Waals surface area contributed by atoms with Crippen LogP contribution < -0.4 is 5.32 Å². The first-order valence-corrected chi connectivity index (χ1v) is 8.04. The molecule has 1 aromatic heterocycles. The summed E-state index contributed by atoms with van der Waals surface area (Å²) in [4.78, 5) is 16.2. The van der Waals surface area contributed by atoms with Crippen molar-refractivity contribution in [2.75, 3.05) is 19.8 Å². The first-order chi connectivity index (χ1) is 11.2. The molecule has 2 rings (SSSR count). The fraction of sp³-hybridized carbons (Fsp3) is 0.368. The molecular formula is C19H24N2O2. The highest BCUT2D eigenvalue weighted by Crippen LogP contribution is 2.16. The maximum absolute atomic E-state index is 11.8. The SMILES string of the molecule is CC(C)COCCCNC(=O)/C=C/c1cccc2cccnc12. The zero-order chi connectivity index (χ0) is 16.5. The topological polar surface area (TPSA) is 51.2 Å². The van der Waals surface area contributed by atoms with Gasteiger partial charge in [0.2, 0.25) is 5.91 Å². The number of fused-ring (bicyclic) bond motifs is 1. The van der Waals surface area contributed by atoms with Gasteiger partial charge in [-0.1, -0.05) is 38.1 Å². The molecule has 0 spiro atoms. The van der Waals surface area contributed by atoms with Crippen LogP contribution in [0.3, 0.4) is 0 Å². The second-order valence-electron chi connectivity index (χ2n) is 5.87. The standard InChI is InChI=1S/C19H24N2O2/c1-15(2)14-23-13-5-12-20-18(22)10-9-17-7-3-6-16-8-4-11-21-19(16)17/h3-4,6-11,15H,5,12-14H2,1-2H3,(H,20,22)/b10-9+. The third-order valence-corrected chi connectivity index (χ3v) is 3.29. The van der Waals surface area contributed by atoms with Crippen molar-refractivity contribution in [2.45, 2.75) is 20.3 Å². The van der Waals surface area contributed by atoms with Gasteiger partial charge in [-0.15, -0.1) is 0 Å². The van der Waals surface area contributed by atoms with E-state index < -0.39 is 0 Å². The number of nitrogens with zero attached hydrogens (tertiary/aromatic N) is 1. The van der Waals surface area contributed by atoms with E-state index in [1.165, 1.54) is 0 Å². The molecule has 0 aliphatic carbocycles. The number of pyridine rings is 1. The molecule has 0 bridgehead atoms. The molecule has 1 aromatic carbocycles. The molecule has 0 fully saturated rings. The highest BCUT2D eigenvalue weighted by Gasteiger charge is 2.00.